The number of aryl methyl sites for hydroxylation is 1. The molecule has 0 saturated carbocycles. The summed E-state index contributed by atoms with van der Waals surface area (Å²) in [7, 11) is 4.61. The summed E-state index contributed by atoms with van der Waals surface area (Å²) in [4.78, 5) is 15.6. The number of ether oxygens (including phenoxy) is 4. The molecule has 1 fully saturated rings. The molecule has 2 aromatic carbocycles. The minimum absolute atomic E-state index is 0.157. The first-order valence-corrected chi connectivity index (χ1v) is 10.8. The van der Waals surface area contributed by atoms with Gasteiger partial charge in [0.05, 0.1) is 32.5 Å². The standard InChI is InChI=1S/C25H29NO6/c1-15-12-18(27)17(14-26-10-6-5-7-11-26)24-21(15)22(28)20(32-24)13-16-8-9-19(29-2)25(31-4)23(16)30-3/h8-9,12-13,27H,5-7,10-11,14H2,1-4H3/b20-13+. The second-order valence-electron chi connectivity index (χ2n) is 8.10. The molecule has 7 heteroatoms. The highest BCUT2D eigenvalue weighted by atomic mass is 16.5. The van der Waals surface area contributed by atoms with Crippen LogP contribution in [0.1, 0.15) is 46.3 Å². The minimum atomic E-state index is -0.214. The molecule has 1 N–H and O–H groups in total. The number of rotatable bonds is 6. The summed E-state index contributed by atoms with van der Waals surface area (Å²) in [5.74, 6) is 1.98. The lowest BCUT2D eigenvalue weighted by Crippen LogP contribution is -2.29. The Labute approximate surface area is 188 Å². The summed E-state index contributed by atoms with van der Waals surface area (Å²) in [5.41, 5.74) is 2.47. The van der Waals surface area contributed by atoms with E-state index in [2.05, 4.69) is 4.90 Å². The van der Waals surface area contributed by atoms with E-state index in [-0.39, 0.29) is 17.3 Å². The molecule has 4 rings (SSSR count). The number of allylic oxidation sites excluding steroid dienone is 1. The molecule has 2 aromatic rings. The van der Waals surface area contributed by atoms with Crippen LogP contribution in [-0.4, -0.2) is 50.2 Å². The molecule has 0 spiro atoms. The van der Waals surface area contributed by atoms with Crippen LogP contribution in [0.3, 0.4) is 0 Å². The van der Waals surface area contributed by atoms with Crippen molar-refractivity contribution in [2.24, 2.45) is 0 Å². The monoisotopic (exact) mass is 439 g/mol. The summed E-state index contributed by atoms with van der Waals surface area (Å²) < 4.78 is 22.4. The van der Waals surface area contributed by atoms with Crippen molar-refractivity contribution < 1.29 is 28.8 Å². The van der Waals surface area contributed by atoms with E-state index in [9.17, 15) is 9.90 Å². The van der Waals surface area contributed by atoms with Gasteiger partial charge in [-0.2, -0.15) is 0 Å². The number of aromatic hydroxyl groups is 1. The highest BCUT2D eigenvalue weighted by Crippen LogP contribution is 2.44. The van der Waals surface area contributed by atoms with Gasteiger partial charge in [-0.15, -0.1) is 0 Å². The molecule has 7 nitrogen and oxygen atoms in total. The second kappa shape index (κ2) is 9.12. The summed E-state index contributed by atoms with van der Waals surface area (Å²) in [6.07, 6.45) is 5.14. The van der Waals surface area contributed by atoms with Crippen molar-refractivity contribution >= 4 is 11.9 Å². The predicted octanol–water partition coefficient (Wildman–Crippen LogP) is 4.33. The van der Waals surface area contributed by atoms with Crippen molar-refractivity contribution in [3.05, 3.63) is 46.2 Å². The number of nitrogens with zero attached hydrogens (tertiary/aromatic N) is 1. The average Bonchev–Trinajstić information content (AvgIpc) is 3.13. The van der Waals surface area contributed by atoms with Crippen molar-refractivity contribution in [3.8, 4) is 28.7 Å². The third-order valence-electron chi connectivity index (χ3n) is 6.07. The number of hydrogen-bond donors (Lipinski definition) is 1. The van der Waals surface area contributed by atoms with Gasteiger partial charge in [0.15, 0.2) is 17.3 Å². The van der Waals surface area contributed by atoms with Crippen LogP contribution in [0, 0.1) is 6.92 Å². The number of hydrogen-bond acceptors (Lipinski definition) is 7. The van der Waals surface area contributed by atoms with Crippen LogP contribution in [0.15, 0.2) is 24.0 Å². The number of fused-ring (bicyclic) bond motifs is 1. The third kappa shape index (κ3) is 3.88. The Balaban J connectivity index is 1.74. The van der Waals surface area contributed by atoms with E-state index in [0.29, 0.717) is 51.8 Å². The molecule has 2 aliphatic rings. The fraction of sp³-hybridized carbons (Fsp3) is 0.400. The number of carbonyl (C=O) groups is 1. The number of Topliss-reactive ketones (excluding diaryl/α,β-unsaturated/α-hetero) is 1. The van der Waals surface area contributed by atoms with Crippen molar-refractivity contribution in [2.45, 2.75) is 32.7 Å². The van der Waals surface area contributed by atoms with Crippen LogP contribution in [-0.2, 0) is 6.54 Å². The molecular formula is C25H29NO6. The van der Waals surface area contributed by atoms with Crippen molar-refractivity contribution in [1.82, 2.24) is 4.90 Å². The van der Waals surface area contributed by atoms with Gasteiger partial charge in [0.25, 0.3) is 0 Å². The van der Waals surface area contributed by atoms with Gasteiger partial charge >= 0.3 is 0 Å². The fourth-order valence-electron chi connectivity index (χ4n) is 4.45. The van der Waals surface area contributed by atoms with Crippen LogP contribution in [0.4, 0.5) is 0 Å². The first-order chi connectivity index (χ1) is 15.5. The number of likely N-dealkylation sites (tertiary alicyclic amines) is 1. The van der Waals surface area contributed by atoms with Gasteiger partial charge in [0, 0.05) is 12.1 Å². The Morgan fingerprint density at radius 1 is 1.06 bits per heavy atom. The lowest BCUT2D eigenvalue weighted by molar-refractivity contribution is 0.101. The van der Waals surface area contributed by atoms with E-state index in [1.807, 2.05) is 6.92 Å². The molecule has 0 aromatic heterocycles. The van der Waals surface area contributed by atoms with Gasteiger partial charge in [-0.1, -0.05) is 6.42 Å². The molecule has 1 saturated heterocycles. The van der Waals surface area contributed by atoms with E-state index in [1.165, 1.54) is 20.6 Å². The number of benzene rings is 2. The van der Waals surface area contributed by atoms with Crippen LogP contribution in [0.2, 0.25) is 0 Å². The number of phenolic OH excluding ortho intramolecular Hbond substituents is 1. The highest BCUT2D eigenvalue weighted by molar-refractivity contribution is 6.16. The molecule has 0 unspecified atom stereocenters. The molecule has 0 aliphatic carbocycles. The summed E-state index contributed by atoms with van der Waals surface area (Å²) in [6.45, 7) is 4.31. The van der Waals surface area contributed by atoms with Gasteiger partial charge in [-0.05, 0) is 62.7 Å². The molecule has 0 atom stereocenters. The summed E-state index contributed by atoms with van der Waals surface area (Å²) in [5, 5.41) is 10.7. The smallest absolute Gasteiger partial charge is 0.232 e. The number of carbonyl (C=O) groups excluding carboxylic acids is 1. The molecular weight excluding hydrogens is 410 g/mol. The van der Waals surface area contributed by atoms with E-state index >= 15 is 0 Å². The van der Waals surface area contributed by atoms with E-state index in [0.717, 1.165) is 25.9 Å². The summed E-state index contributed by atoms with van der Waals surface area (Å²) >= 11 is 0. The molecule has 0 bridgehead atoms. The van der Waals surface area contributed by atoms with Crippen molar-refractivity contribution in [3.63, 3.8) is 0 Å². The zero-order valence-electron chi connectivity index (χ0n) is 19.0. The van der Waals surface area contributed by atoms with Gasteiger partial charge in [0.2, 0.25) is 11.5 Å². The Bertz CT molecular complexity index is 1070. The maximum absolute atomic E-state index is 13.3. The normalized spacial score (nSPS) is 17.2. The third-order valence-corrected chi connectivity index (χ3v) is 6.07. The quantitative estimate of drug-likeness (QED) is 0.672. The average molecular weight is 440 g/mol. The predicted molar refractivity (Wildman–Crippen MR) is 121 cm³/mol. The molecule has 2 aliphatic heterocycles. The SMILES string of the molecule is COc1ccc(/C=C2/Oc3c(CN4CCCCC4)c(O)cc(C)c3C2=O)c(OC)c1OC. The Morgan fingerprint density at radius 2 is 1.78 bits per heavy atom. The zero-order valence-corrected chi connectivity index (χ0v) is 19.0. The van der Waals surface area contributed by atoms with Crippen LogP contribution < -0.4 is 18.9 Å². The van der Waals surface area contributed by atoms with Crippen molar-refractivity contribution in [2.75, 3.05) is 34.4 Å². The first kappa shape index (κ1) is 22.0. The van der Waals surface area contributed by atoms with Gasteiger partial charge in [-0.25, -0.2) is 0 Å². The zero-order chi connectivity index (χ0) is 22.8. The molecule has 0 radical (unpaired) electrons. The lowest BCUT2D eigenvalue weighted by atomic mass is 9.98. The van der Waals surface area contributed by atoms with Crippen LogP contribution in [0.5, 0.6) is 28.7 Å². The Morgan fingerprint density at radius 3 is 2.44 bits per heavy atom. The van der Waals surface area contributed by atoms with E-state index in [1.54, 1.807) is 31.4 Å². The Hall–Kier alpha value is -3.19. The number of ketones is 1. The van der Waals surface area contributed by atoms with E-state index < -0.39 is 0 Å². The highest BCUT2D eigenvalue weighted by Gasteiger charge is 2.34. The lowest BCUT2D eigenvalue weighted by Gasteiger charge is -2.27. The maximum atomic E-state index is 13.3. The topological polar surface area (TPSA) is 77.5 Å². The Kier molecular flexibility index (Phi) is 6.28. The van der Waals surface area contributed by atoms with Crippen LogP contribution >= 0.6 is 0 Å². The number of methoxy groups -OCH3 is 3. The molecule has 2 heterocycles. The number of phenols is 1. The van der Waals surface area contributed by atoms with Gasteiger partial charge < -0.3 is 24.1 Å². The summed E-state index contributed by atoms with van der Waals surface area (Å²) in [6, 6.07) is 5.18. The first-order valence-electron chi connectivity index (χ1n) is 10.8. The van der Waals surface area contributed by atoms with Gasteiger partial charge in [0.1, 0.15) is 11.5 Å². The largest absolute Gasteiger partial charge is 0.507 e. The second-order valence-corrected chi connectivity index (χ2v) is 8.10. The minimum Gasteiger partial charge on any atom is -0.507 e. The van der Waals surface area contributed by atoms with Crippen LogP contribution in [0.25, 0.3) is 6.08 Å². The van der Waals surface area contributed by atoms with E-state index in [4.69, 9.17) is 18.9 Å². The maximum Gasteiger partial charge on any atom is 0.232 e. The fourth-order valence-corrected chi connectivity index (χ4v) is 4.45. The number of piperidine rings is 1. The molecule has 0 amide bonds. The van der Waals surface area contributed by atoms with Crippen molar-refractivity contribution in [1.29, 1.82) is 0 Å². The molecule has 32 heavy (non-hydrogen) atoms. The molecule has 170 valence electrons. The van der Waals surface area contributed by atoms with Gasteiger partial charge in [-0.3, -0.25) is 9.69 Å².